The second-order valence-electron chi connectivity index (χ2n) is 7.03. The van der Waals surface area contributed by atoms with Gasteiger partial charge in [-0.05, 0) is 71.0 Å². The number of nitrogens with zero attached hydrogens (tertiary/aromatic N) is 1. The number of hydrogen-bond donors (Lipinski definition) is 1. The Bertz CT molecular complexity index is 1250. The number of rotatable bonds is 8. The van der Waals surface area contributed by atoms with Crippen LogP contribution in [0.1, 0.15) is 28.4 Å². The van der Waals surface area contributed by atoms with Gasteiger partial charge >= 0.3 is 0 Å². The molecule has 166 valence electrons. The normalized spacial score (nSPS) is 10.8. The third-order valence-electron chi connectivity index (χ3n) is 4.71. The van der Waals surface area contributed by atoms with Crippen molar-refractivity contribution in [1.82, 2.24) is 0 Å². The first-order chi connectivity index (χ1) is 15.9. The molecule has 1 amide bonds. The van der Waals surface area contributed by atoms with Gasteiger partial charge in [0.05, 0.1) is 16.4 Å². The van der Waals surface area contributed by atoms with E-state index in [4.69, 9.17) is 9.47 Å². The van der Waals surface area contributed by atoms with Crippen molar-refractivity contribution >= 4 is 46.0 Å². The molecular formula is C26H21IN2O4. The Morgan fingerprint density at radius 1 is 1.09 bits per heavy atom. The molecule has 0 aliphatic heterocycles. The summed E-state index contributed by atoms with van der Waals surface area (Å²) in [7, 11) is 1.53. The fourth-order valence-electron chi connectivity index (χ4n) is 3.10. The molecule has 3 aromatic rings. The standard InChI is InChI=1S/C26H21IN2O4/c1-17(30)21-10-6-7-11-23(21)29-26(31)20(15-28)12-19-13-22(27)25(24(14-19)32-2)33-16-18-8-4-3-5-9-18/h3-14H,16H2,1-2H3,(H,29,31)/b20-12-. The minimum absolute atomic E-state index is 0.107. The molecule has 6 nitrogen and oxygen atoms in total. The first kappa shape index (κ1) is 24.0. The number of para-hydroxylation sites is 1. The van der Waals surface area contributed by atoms with Crippen LogP contribution in [0, 0.1) is 14.9 Å². The van der Waals surface area contributed by atoms with Crippen LogP contribution in [0.25, 0.3) is 6.08 Å². The van der Waals surface area contributed by atoms with E-state index in [9.17, 15) is 14.9 Å². The summed E-state index contributed by atoms with van der Waals surface area (Å²) in [6.45, 7) is 1.80. The van der Waals surface area contributed by atoms with Crippen LogP contribution in [-0.2, 0) is 11.4 Å². The molecule has 0 saturated heterocycles. The maximum Gasteiger partial charge on any atom is 0.266 e. The molecule has 33 heavy (non-hydrogen) atoms. The zero-order valence-electron chi connectivity index (χ0n) is 18.1. The van der Waals surface area contributed by atoms with E-state index in [2.05, 4.69) is 27.9 Å². The SMILES string of the molecule is COc1cc(/C=C(/C#N)C(=O)Nc2ccccc2C(C)=O)cc(I)c1OCc1ccccc1. The van der Waals surface area contributed by atoms with Gasteiger partial charge in [0.15, 0.2) is 17.3 Å². The van der Waals surface area contributed by atoms with E-state index < -0.39 is 5.91 Å². The molecule has 0 spiro atoms. The van der Waals surface area contributed by atoms with Gasteiger partial charge in [-0.15, -0.1) is 0 Å². The number of carbonyl (C=O) groups is 2. The highest BCUT2D eigenvalue weighted by atomic mass is 127. The number of benzene rings is 3. The van der Waals surface area contributed by atoms with Gasteiger partial charge in [-0.1, -0.05) is 42.5 Å². The number of ketones is 1. The van der Waals surface area contributed by atoms with Crippen LogP contribution in [0.15, 0.2) is 72.3 Å². The van der Waals surface area contributed by atoms with Crippen molar-refractivity contribution in [1.29, 1.82) is 5.26 Å². The Balaban J connectivity index is 1.84. The van der Waals surface area contributed by atoms with Crippen molar-refractivity contribution < 1.29 is 19.1 Å². The molecule has 3 rings (SSSR count). The van der Waals surface area contributed by atoms with Crippen LogP contribution in [-0.4, -0.2) is 18.8 Å². The summed E-state index contributed by atoms with van der Waals surface area (Å²) in [5.74, 6) is 0.282. The summed E-state index contributed by atoms with van der Waals surface area (Å²) < 4.78 is 12.2. The summed E-state index contributed by atoms with van der Waals surface area (Å²) in [5, 5.41) is 12.2. The molecule has 0 aliphatic rings. The molecule has 3 aromatic carbocycles. The van der Waals surface area contributed by atoms with Crippen LogP contribution >= 0.6 is 22.6 Å². The second kappa shape index (κ2) is 11.3. The van der Waals surface area contributed by atoms with Crippen LogP contribution in [0.3, 0.4) is 0 Å². The third-order valence-corrected chi connectivity index (χ3v) is 5.51. The lowest BCUT2D eigenvalue weighted by Crippen LogP contribution is -2.15. The number of methoxy groups -OCH3 is 1. The zero-order chi connectivity index (χ0) is 23.8. The summed E-state index contributed by atoms with van der Waals surface area (Å²) in [4.78, 5) is 24.5. The number of nitrogens with one attached hydrogen (secondary N) is 1. The number of carbonyl (C=O) groups excluding carboxylic acids is 2. The van der Waals surface area contributed by atoms with Crippen LogP contribution in [0.2, 0.25) is 0 Å². The van der Waals surface area contributed by atoms with Gasteiger partial charge < -0.3 is 14.8 Å². The van der Waals surface area contributed by atoms with E-state index in [-0.39, 0.29) is 11.4 Å². The van der Waals surface area contributed by atoms with Crippen molar-refractivity contribution in [2.75, 3.05) is 12.4 Å². The number of amides is 1. The van der Waals surface area contributed by atoms with E-state index >= 15 is 0 Å². The number of anilines is 1. The molecular weight excluding hydrogens is 531 g/mol. The zero-order valence-corrected chi connectivity index (χ0v) is 20.3. The number of nitriles is 1. The van der Waals surface area contributed by atoms with Crippen molar-refractivity contribution in [3.63, 3.8) is 0 Å². The van der Waals surface area contributed by atoms with E-state index in [0.29, 0.717) is 34.9 Å². The van der Waals surface area contributed by atoms with Gasteiger partial charge in [0.2, 0.25) is 0 Å². The molecule has 0 aliphatic carbocycles. The number of ether oxygens (including phenoxy) is 2. The molecule has 0 atom stereocenters. The lowest BCUT2D eigenvalue weighted by molar-refractivity contribution is -0.112. The van der Waals surface area contributed by atoms with Crippen LogP contribution < -0.4 is 14.8 Å². The van der Waals surface area contributed by atoms with Gasteiger partial charge in [0, 0.05) is 5.56 Å². The molecule has 0 saturated carbocycles. The van der Waals surface area contributed by atoms with Gasteiger partial charge in [0.1, 0.15) is 18.2 Å². The first-order valence-electron chi connectivity index (χ1n) is 10.00. The molecule has 0 fully saturated rings. The average Bonchev–Trinajstić information content (AvgIpc) is 2.82. The Hall–Kier alpha value is -3.64. The monoisotopic (exact) mass is 552 g/mol. The summed E-state index contributed by atoms with van der Waals surface area (Å²) in [6, 6.07) is 21.9. The maximum absolute atomic E-state index is 12.7. The molecule has 0 aromatic heterocycles. The van der Waals surface area contributed by atoms with Gasteiger partial charge in [-0.3, -0.25) is 9.59 Å². The highest BCUT2D eigenvalue weighted by Gasteiger charge is 2.16. The minimum atomic E-state index is -0.607. The number of halogens is 1. The van der Waals surface area contributed by atoms with Crippen molar-refractivity contribution in [2.45, 2.75) is 13.5 Å². The predicted octanol–water partition coefficient (Wildman–Crippen LogP) is 5.63. The van der Waals surface area contributed by atoms with Gasteiger partial charge in [-0.2, -0.15) is 5.26 Å². The van der Waals surface area contributed by atoms with Crippen molar-refractivity contribution in [2.24, 2.45) is 0 Å². The van der Waals surface area contributed by atoms with Crippen molar-refractivity contribution in [3.05, 3.63) is 92.6 Å². The van der Waals surface area contributed by atoms with E-state index in [1.807, 2.05) is 36.4 Å². The Morgan fingerprint density at radius 2 is 1.79 bits per heavy atom. The molecule has 0 radical (unpaired) electrons. The summed E-state index contributed by atoms with van der Waals surface area (Å²) in [5.41, 5.74) is 2.25. The molecule has 1 N–H and O–H groups in total. The Morgan fingerprint density at radius 3 is 2.45 bits per heavy atom. The summed E-state index contributed by atoms with van der Waals surface area (Å²) >= 11 is 2.13. The smallest absolute Gasteiger partial charge is 0.266 e. The van der Waals surface area contributed by atoms with Crippen molar-refractivity contribution in [3.8, 4) is 17.6 Å². The number of Topliss-reactive ketones (excluding diaryl/α,β-unsaturated/α-hetero) is 1. The number of hydrogen-bond acceptors (Lipinski definition) is 5. The highest BCUT2D eigenvalue weighted by molar-refractivity contribution is 14.1. The Labute approximate surface area is 206 Å². The topological polar surface area (TPSA) is 88.4 Å². The quantitative estimate of drug-likeness (QED) is 0.170. The molecule has 0 bridgehead atoms. The molecule has 0 unspecified atom stereocenters. The fourth-order valence-corrected chi connectivity index (χ4v) is 3.88. The first-order valence-corrected chi connectivity index (χ1v) is 11.1. The third kappa shape index (κ3) is 6.20. The predicted molar refractivity (Wildman–Crippen MR) is 135 cm³/mol. The van der Waals surface area contributed by atoms with Gasteiger partial charge in [0.25, 0.3) is 5.91 Å². The lowest BCUT2D eigenvalue weighted by Gasteiger charge is -2.14. The maximum atomic E-state index is 12.7. The van der Waals surface area contributed by atoms with Crippen LogP contribution in [0.4, 0.5) is 5.69 Å². The lowest BCUT2D eigenvalue weighted by atomic mass is 10.1. The molecule has 7 heteroatoms. The van der Waals surface area contributed by atoms with Crippen LogP contribution in [0.5, 0.6) is 11.5 Å². The van der Waals surface area contributed by atoms with Gasteiger partial charge in [-0.25, -0.2) is 0 Å². The fraction of sp³-hybridized carbons (Fsp3) is 0.115. The highest BCUT2D eigenvalue weighted by Crippen LogP contribution is 2.35. The minimum Gasteiger partial charge on any atom is -0.493 e. The second-order valence-corrected chi connectivity index (χ2v) is 8.20. The molecule has 0 heterocycles. The van der Waals surface area contributed by atoms with E-state index in [0.717, 1.165) is 9.13 Å². The summed E-state index contributed by atoms with van der Waals surface area (Å²) in [6.07, 6.45) is 1.47. The van der Waals surface area contributed by atoms with E-state index in [1.54, 1.807) is 36.4 Å². The van der Waals surface area contributed by atoms with E-state index in [1.165, 1.54) is 20.1 Å². The largest absolute Gasteiger partial charge is 0.493 e. The Kier molecular flexibility index (Phi) is 8.22. The average molecular weight is 552 g/mol.